The summed E-state index contributed by atoms with van der Waals surface area (Å²) in [4.78, 5) is 10.6. The molecule has 0 radical (unpaired) electrons. The Morgan fingerprint density at radius 3 is 2.00 bits per heavy atom. The summed E-state index contributed by atoms with van der Waals surface area (Å²) in [6, 6.07) is 0. The van der Waals surface area contributed by atoms with E-state index in [1.54, 1.807) is 0 Å². The van der Waals surface area contributed by atoms with Gasteiger partial charge in [-0.2, -0.15) is 0 Å². The van der Waals surface area contributed by atoms with Crippen LogP contribution < -0.4 is 5.14 Å². The molecule has 3 saturated carbocycles. The number of sulfonamides is 1. The van der Waals surface area contributed by atoms with Crippen molar-refractivity contribution in [1.29, 1.82) is 0 Å². The third-order valence-corrected chi connectivity index (χ3v) is 4.68. The van der Waals surface area contributed by atoms with E-state index in [1.807, 2.05) is 0 Å². The molecular formula is C6H9NO4S. The largest absolute Gasteiger partial charge is 0.481 e. The number of carboxylic acids is 1. The third-order valence-electron chi connectivity index (χ3n) is 3.04. The van der Waals surface area contributed by atoms with Crippen LogP contribution in [0.2, 0.25) is 0 Å². The maximum absolute atomic E-state index is 10.9. The predicted molar refractivity (Wildman–Crippen MR) is 39.8 cm³/mol. The highest BCUT2D eigenvalue weighted by Gasteiger charge is 2.77. The molecule has 68 valence electrons. The van der Waals surface area contributed by atoms with Gasteiger partial charge in [-0.1, -0.05) is 0 Å². The van der Waals surface area contributed by atoms with Gasteiger partial charge in [-0.3, -0.25) is 4.79 Å². The number of nitrogens with two attached hydrogens (primary N) is 1. The summed E-state index contributed by atoms with van der Waals surface area (Å²) >= 11 is 0. The van der Waals surface area contributed by atoms with Crippen molar-refractivity contribution in [2.75, 3.05) is 0 Å². The summed E-state index contributed by atoms with van der Waals surface area (Å²) in [6.45, 7) is 0. The Bertz CT molecular complexity index is 338. The van der Waals surface area contributed by atoms with Crippen molar-refractivity contribution >= 4 is 16.0 Å². The molecule has 3 N–H and O–H groups in total. The Balaban J connectivity index is 2.20. The van der Waals surface area contributed by atoms with Crippen molar-refractivity contribution in [3.8, 4) is 0 Å². The number of primary sulfonamides is 1. The molecule has 0 heterocycles. The summed E-state index contributed by atoms with van der Waals surface area (Å²) < 4.78 is 21.0. The van der Waals surface area contributed by atoms with E-state index in [0.717, 1.165) is 0 Å². The number of aliphatic carboxylic acids is 1. The standard InChI is InChI=1S/C6H9NO4S/c7-12(10,11)6-1-5(2-6,3-6)4(8)9/h1-3H2,(H,8,9)(H2,7,10,11). The van der Waals surface area contributed by atoms with Gasteiger partial charge in [0.05, 0.1) is 10.2 Å². The van der Waals surface area contributed by atoms with E-state index >= 15 is 0 Å². The molecule has 0 unspecified atom stereocenters. The maximum Gasteiger partial charge on any atom is 0.309 e. The molecular weight excluding hydrogens is 182 g/mol. The van der Waals surface area contributed by atoms with Crippen LogP contribution in [0.3, 0.4) is 0 Å². The zero-order chi connectivity index (χ0) is 9.20. The molecule has 0 amide bonds. The van der Waals surface area contributed by atoms with Crippen molar-refractivity contribution in [2.45, 2.75) is 24.0 Å². The smallest absolute Gasteiger partial charge is 0.309 e. The van der Waals surface area contributed by atoms with E-state index in [9.17, 15) is 13.2 Å². The zero-order valence-electron chi connectivity index (χ0n) is 6.28. The van der Waals surface area contributed by atoms with E-state index in [1.165, 1.54) is 0 Å². The Hall–Kier alpha value is -0.620. The molecule has 2 bridgehead atoms. The number of hydrogen-bond acceptors (Lipinski definition) is 3. The second-order valence-corrected chi connectivity index (χ2v) is 5.80. The fourth-order valence-electron chi connectivity index (χ4n) is 2.22. The van der Waals surface area contributed by atoms with E-state index in [-0.39, 0.29) is 19.3 Å². The van der Waals surface area contributed by atoms with Crippen LogP contribution in [0.1, 0.15) is 19.3 Å². The zero-order valence-corrected chi connectivity index (χ0v) is 7.10. The van der Waals surface area contributed by atoms with Crippen molar-refractivity contribution in [2.24, 2.45) is 10.6 Å². The minimum Gasteiger partial charge on any atom is -0.481 e. The molecule has 0 aromatic rings. The highest BCUT2D eigenvalue weighted by atomic mass is 32.2. The van der Waals surface area contributed by atoms with Gasteiger partial charge in [0.1, 0.15) is 0 Å². The van der Waals surface area contributed by atoms with Crippen LogP contribution in [-0.2, 0) is 14.8 Å². The average molecular weight is 191 g/mol. The second-order valence-electron chi connectivity index (χ2n) is 3.84. The van der Waals surface area contributed by atoms with Gasteiger partial charge in [0.25, 0.3) is 0 Å². The Kier molecular flexibility index (Phi) is 1.11. The van der Waals surface area contributed by atoms with E-state index in [0.29, 0.717) is 0 Å². The SMILES string of the molecule is NS(=O)(=O)C12CC(C(=O)O)(C1)C2. The van der Waals surface area contributed by atoms with Crippen LogP contribution in [0.25, 0.3) is 0 Å². The van der Waals surface area contributed by atoms with Gasteiger partial charge in [-0.05, 0) is 19.3 Å². The van der Waals surface area contributed by atoms with Gasteiger partial charge < -0.3 is 5.11 Å². The summed E-state index contributed by atoms with van der Waals surface area (Å²) in [7, 11) is -3.53. The molecule has 3 aliphatic rings. The van der Waals surface area contributed by atoms with Crippen LogP contribution >= 0.6 is 0 Å². The molecule has 0 aromatic heterocycles. The Morgan fingerprint density at radius 1 is 1.33 bits per heavy atom. The first-order valence-corrected chi connectivity index (χ1v) is 5.12. The van der Waals surface area contributed by atoms with E-state index < -0.39 is 26.2 Å². The molecule has 3 rings (SSSR count). The minimum absolute atomic E-state index is 0.203. The van der Waals surface area contributed by atoms with Crippen molar-refractivity contribution in [3.05, 3.63) is 0 Å². The molecule has 6 heteroatoms. The first kappa shape index (κ1) is 8.00. The number of rotatable bonds is 2. The van der Waals surface area contributed by atoms with Gasteiger partial charge in [0.15, 0.2) is 0 Å². The highest BCUT2D eigenvalue weighted by molar-refractivity contribution is 7.90. The lowest BCUT2D eigenvalue weighted by Crippen LogP contribution is -2.74. The quantitative estimate of drug-likeness (QED) is 0.602. The van der Waals surface area contributed by atoms with Crippen molar-refractivity contribution in [1.82, 2.24) is 0 Å². The van der Waals surface area contributed by atoms with Crippen LogP contribution in [0.15, 0.2) is 0 Å². The second kappa shape index (κ2) is 1.67. The normalized spacial score (nSPS) is 44.4. The van der Waals surface area contributed by atoms with Crippen LogP contribution in [0.5, 0.6) is 0 Å². The van der Waals surface area contributed by atoms with E-state index in [2.05, 4.69) is 0 Å². The van der Waals surface area contributed by atoms with Crippen LogP contribution in [0.4, 0.5) is 0 Å². The summed E-state index contributed by atoms with van der Waals surface area (Å²) in [5, 5.41) is 13.6. The number of carboxylic acid groups (broad SMARTS) is 1. The van der Waals surface area contributed by atoms with Gasteiger partial charge in [0, 0.05) is 0 Å². The maximum atomic E-state index is 10.9. The summed E-state index contributed by atoms with van der Waals surface area (Å²) in [5.74, 6) is -0.895. The molecule has 0 spiro atoms. The van der Waals surface area contributed by atoms with E-state index in [4.69, 9.17) is 10.2 Å². The molecule has 12 heavy (non-hydrogen) atoms. The van der Waals surface area contributed by atoms with Gasteiger partial charge >= 0.3 is 5.97 Å². The molecule has 3 fully saturated rings. The van der Waals surface area contributed by atoms with Crippen molar-refractivity contribution in [3.63, 3.8) is 0 Å². The van der Waals surface area contributed by atoms with Crippen LogP contribution in [0, 0.1) is 5.41 Å². The molecule has 5 nitrogen and oxygen atoms in total. The lowest BCUT2D eigenvalue weighted by atomic mass is 9.43. The monoisotopic (exact) mass is 191 g/mol. The van der Waals surface area contributed by atoms with Gasteiger partial charge in [-0.15, -0.1) is 0 Å². The number of carbonyl (C=O) groups is 1. The summed E-state index contributed by atoms with van der Waals surface area (Å²) in [5.41, 5.74) is -0.757. The minimum atomic E-state index is -3.53. The van der Waals surface area contributed by atoms with Gasteiger partial charge in [-0.25, -0.2) is 13.6 Å². The predicted octanol–water partition coefficient (Wildman–Crippen LogP) is -0.718. The average Bonchev–Trinajstić information content (AvgIpc) is 1.46. The topological polar surface area (TPSA) is 97.5 Å². The van der Waals surface area contributed by atoms with Crippen LogP contribution in [-0.4, -0.2) is 24.2 Å². The fraction of sp³-hybridized carbons (Fsp3) is 0.833. The lowest BCUT2D eigenvalue weighted by Gasteiger charge is -2.65. The Morgan fingerprint density at radius 2 is 1.75 bits per heavy atom. The molecule has 0 saturated heterocycles. The molecule has 3 aliphatic carbocycles. The lowest BCUT2D eigenvalue weighted by molar-refractivity contribution is -0.178. The first-order valence-electron chi connectivity index (χ1n) is 3.57. The number of hydrogen-bond donors (Lipinski definition) is 2. The molecule has 0 atom stereocenters. The Labute approximate surface area is 69.6 Å². The molecule has 0 aliphatic heterocycles. The molecule has 0 aromatic carbocycles. The third kappa shape index (κ3) is 0.628. The van der Waals surface area contributed by atoms with Gasteiger partial charge in [0.2, 0.25) is 10.0 Å². The first-order chi connectivity index (χ1) is 5.31. The highest BCUT2D eigenvalue weighted by Crippen LogP contribution is 2.70. The van der Waals surface area contributed by atoms with Crippen molar-refractivity contribution < 1.29 is 18.3 Å². The fourth-order valence-corrected chi connectivity index (χ4v) is 3.66. The summed E-state index contributed by atoms with van der Waals surface area (Å²) in [6.07, 6.45) is 0.608.